The first-order valence-electron chi connectivity index (χ1n) is 4.14. The van der Waals surface area contributed by atoms with Crippen molar-refractivity contribution in [3.05, 3.63) is 0 Å². The quantitative estimate of drug-likeness (QED) is 0.489. The Morgan fingerprint density at radius 3 is 2.25 bits per heavy atom. The van der Waals surface area contributed by atoms with Crippen LogP contribution in [-0.2, 0) is 4.74 Å². The average Bonchev–Trinajstić information content (AvgIpc) is 1.99. The Kier molecular flexibility index (Phi) is 6.28. The molecule has 2 atom stereocenters. The third kappa shape index (κ3) is 6.54. The van der Waals surface area contributed by atoms with Gasteiger partial charge in [0.15, 0.2) is 6.29 Å². The summed E-state index contributed by atoms with van der Waals surface area (Å²) in [6.07, 6.45) is -1.20. The molecular formula is C8H18O4. The molecule has 0 aliphatic heterocycles. The molecule has 0 heterocycles. The van der Waals surface area contributed by atoms with E-state index in [9.17, 15) is 0 Å². The second kappa shape index (κ2) is 6.37. The highest BCUT2D eigenvalue weighted by Gasteiger charge is 2.09. The van der Waals surface area contributed by atoms with Crippen molar-refractivity contribution in [3.8, 4) is 0 Å². The molecule has 12 heavy (non-hydrogen) atoms. The van der Waals surface area contributed by atoms with Gasteiger partial charge in [-0.25, -0.2) is 0 Å². The van der Waals surface area contributed by atoms with E-state index in [2.05, 4.69) is 0 Å². The first kappa shape index (κ1) is 11.8. The third-order valence-corrected chi connectivity index (χ3v) is 1.36. The SMILES string of the molecule is CC(C)CC(O)OCC(O)CO. The zero-order chi connectivity index (χ0) is 9.56. The zero-order valence-electron chi connectivity index (χ0n) is 7.60. The lowest BCUT2D eigenvalue weighted by atomic mass is 10.1. The second-order valence-corrected chi connectivity index (χ2v) is 3.25. The largest absolute Gasteiger partial charge is 0.394 e. The maximum atomic E-state index is 9.15. The summed E-state index contributed by atoms with van der Waals surface area (Å²) < 4.78 is 4.85. The van der Waals surface area contributed by atoms with Crippen molar-refractivity contribution in [1.29, 1.82) is 0 Å². The van der Waals surface area contributed by atoms with Crippen molar-refractivity contribution in [2.45, 2.75) is 32.7 Å². The minimum Gasteiger partial charge on any atom is -0.394 e. The van der Waals surface area contributed by atoms with E-state index in [1.54, 1.807) is 0 Å². The van der Waals surface area contributed by atoms with E-state index in [1.165, 1.54) is 0 Å². The van der Waals surface area contributed by atoms with Crippen LogP contribution < -0.4 is 0 Å². The fraction of sp³-hybridized carbons (Fsp3) is 1.00. The molecule has 3 N–H and O–H groups in total. The van der Waals surface area contributed by atoms with E-state index in [4.69, 9.17) is 20.1 Å². The lowest BCUT2D eigenvalue weighted by Crippen LogP contribution is -2.25. The molecule has 0 bridgehead atoms. The Labute approximate surface area is 72.8 Å². The summed E-state index contributed by atoms with van der Waals surface area (Å²) in [7, 11) is 0. The third-order valence-electron chi connectivity index (χ3n) is 1.36. The lowest BCUT2D eigenvalue weighted by Gasteiger charge is -2.15. The maximum absolute atomic E-state index is 9.15. The number of hydrogen-bond acceptors (Lipinski definition) is 4. The standard InChI is InChI=1S/C8H18O4/c1-6(2)3-8(11)12-5-7(10)4-9/h6-11H,3-5H2,1-2H3. The molecule has 0 fully saturated rings. The van der Waals surface area contributed by atoms with Crippen LogP contribution in [0.5, 0.6) is 0 Å². The van der Waals surface area contributed by atoms with Crippen molar-refractivity contribution >= 4 is 0 Å². The summed E-state index contributed by atoms with van der Waals surface area (Å²) in [4.78, 5) is 0. The summed E-state index contributed by atoms with van der Waals surface area (Å²) >= 11 is 0. The molecule has 0 radical (unpaired) electrons. The molecule has 0 amide bonds. The predicted octanol–water partition coefficient (Wildman–Crippen LogP) is -0.279. The van der Waals surface area contributed by atoms with Gasteiger partial charge in [0.25, 0.3) is 0 Å². The predicted molar refractivity (Wildman–Crippen MR) is 44.5 cm³/mol. The van der Waals surface area contributed by atoms with Crippen molar-refractivity contribution in [1.82, 2.24) is 0 Å². The van der Waals surface area contributed by atoms with Crippen LogP contribution in [-0.4, -0.2) is 40.9 Å². The van der Waals surface area contributed by atoms with Gasteiger partial charge in [0.1, 0.15) is 6.10 Å². The molecule has 0 saturated heterocycles. The summed E-state index contributed by atoms with van der Waals surface area (Å²) in [5.74, 6) is 0.353. The van der Waals surface area contributed by atoms with E-state index >= 15 is 0 Å². The Morgan fingerprint density at radius 2 is 1.83 bits per heavy atom. The molecule has 0 aliphatic carbocycles. The van der Waals surface area contributed by atoms with Gasteiger partial charge >= 0.3 is 0 Å². The molecule has 0 aromatic carbocycles. The molecule has 74 valence electrons. The molecule has 0 aromatic heterocycles. The van der Waals surface area contributed by atoms with Gasteiger partial charge in [-0.2, -0.15) is 0 Å². The monoisotopic (exact) mass is 178 g/mol. The van der Waals surface area contributed by atoms with Crippen molar-refractivity contribution in [2.24, 2.45) is 5.92 Å². The van der Waals surface area contributed by atoms with Crippen LogP contribution in [0.25, 0.3) is 0 Å². The van der Waals surface area contributed by atoms with Crippen molar-refractivity contribution < 1.29 is 20.1 Å². The summed E-state index contributed by atoms with van der Waals surface area (Å²) in [5.41, 5.74) is 0. The molecule has 2 unspecified atom stereocenters. The lowest BCUT2D eigenvalue weighted by molar-refractivity contribution is -0.134. The van der Waals surface area contributed by atoms with Crippen LogP contribution in [0.15, 0.2) is 0 Å². The van der Waals surface area contributed by atoms with Crippen LogP contribution >= 0.6 is 0 Å². The number of rotatable bonds is 6. The Bertz CT molecular complexity index is 105. The smallest absolute Gasteiger partial charge is 0.154 e. The van der Waals surface area contributed by atoms with Gasteiger partial charge < -0.3 is 20.1 Å². The number of hydrogen-bond donors (Lipinski definition) is 3. The van der Waals surface area contributed by atoms with Gasteiger partial charge in [0.05, 0.1) is 13.2 Å². The Morgan fingerprint density at radius 1 is 1.25 bits per heavy atom. The Hall–Kier alpha value is -0.160. The van der Waals surface area contributed by atoms with E-state index in [-0.39, 0.29) is 13.2 Å². The van der Waals surface area contributed by atoms with Crippen molar-refractivity contribution in [3.63, 3.8) is 0 Å². The van der Waals surface area contributed by atoms with Crippen LogP contribution in [0.3, 0.4) is 0 Å². The van der Waals surface area contributed by atoms with Gasteiger partial charge in [-0.05, 0) is 5.92 Å². The summed E-state index contributed by atoms with van der Waals surface area (Å²) in [6, 6.07) is 0. The van der Waals surface area contributed by atoms with Crippen LogP contribution in [0, 0.1) is 5.92 Å². The minimum atomic E-state index is -0.896. The van der Waals surface area contributed by atoms with Crippen LogP contribution in [0.4, 0.5) is 0 Å². The first-order valence-corrected chi connectivity index (χ1v) is 4.14. The van der Waals surface area contributed by atoms with Crippen molar-refractivity contribution in [2.75, 3.05) is 13.2 Å². The Balaban J connectivity index is 3.36. The van der Waals surface area contributed by atoms with E-state index in [1.807, 2.05) is 13.8 Å². The zero-order valence-corrected chi connectivity index (χ0v) is 7.60. The van der Waals surface area contributed by atoms with Gasteiger partial charge in [0.2, 0.25) is 0 Å². The molecule has 0 aliphatic rings. The molecule has 4 heteroatoms. The van der Waals surface area contributed by atoms with Crippen LogP contribution in [0.1, 0.15) is 20.3 Å². The molecule has 4 nitrogen and oxygen atoms in total. The van der Waals surface area contributed by atoms with E-state index in [0.29, 0.717) is 12.3 Å². The fourth-order valence-electron chi connectivity index (χ4n) is 0.746. The molecule has 0 rings (SSSR count). The highest BCUT2D eigenvalue weighted by atomic mass is 16.6. The minimum absolute atomic E-state index is 0.0234. The molecule has 0 spiro atoms. The molecular weight excluding hydrogens is 160 g/mol. The maximum Gasteiger partial charge on any atom is 0.154 e. The number of aliphatic hydroxyl groups excluding tert-OH is 3. The van der Waals surface area contributed by atoms with Crippen LogP contribution in [0.2, 0.25) is 0 Å². The highest BCUT2D eigenvalue weighted by Crippen LogP contribution is 2.05. The topological polar surface area (TPSA) is 69.9 Å². The molecule has 0 saturated carbocycles. The second-order valence-electron chi connectivity index (χ2n) is 3.25. The van der Waals surface area contributed by atoms with E-state index < -0.39 is 12.4 Å². The summed E-state index contributed by atoms with van der Waals surface area (Å²) in [6.45, 7) is 3.57. The fourth-order valence-corrected chi connectivity index (χ4v) is 0.746. The van der Waals surface area contributed by atoms with Gasteiger partial charge in [-0.3, -0.25) is 0 Å². The molecule has 0 aromatic rings. The number of ether oxygens (including phenoxy) is 1. The van der Waals surface area contributed by atoms with E-state index in [0.717, 1.165) is 0 Å². The number of aliphatic hydroxyl groups is 3. The average molecular weight is 178 g/mol. The normalized spacial score (nSPS) is 16.5. The first-order chi connectivity index (χ1) is 5.56. The van der Waals surface area contributed by atoms with Gasteiger partial charge in [-0.15, -0.1) is 0 Å². The summed E-state index contributed by atoms with van der Waals surface area (Å²) in [5, 5.41) is 26.4. The highest BCUT2D eigenvalue weighted by molar-refractivity contribution is 4.52. The van der Waals surface area contributed by atoms with Gasteiger partial charge in [-0.1, -0.05) is 13.8 Å². The van der Waals surface area contributed by atoms with Gasteiger partial charge in [0, 0.05) is 6.42 Å².